The number of benzene rings is 3. The van der Waals surface area contributed by atoms with E-state index in [1.54, 1.807) is 24.3 Å². The molecule has 30 heavy (non-hydrogen) atoms. The first-order chi connectivity index (χ1) is 14.7. The van der Waals surface area contributed by atoms with Crippen molar-refractivity contribution in [2.24, 2.45) is 0 Å². The normalized spacial score (nSPS) is 10.6. The molecule has 150 valence electrons. The third-order valence-corrected chi connectivity index (χ3v) is 4.63. The summed E-state index contributed by atoms with van der Waals surface area (Å²) in [6.45, 7) is 0.700. The SMILES string of the molecule is Nc1c(F)cccc1-c1ccc(OCc2ccccc2)nc1OCc1ccccc1. The first kappa shape index (κ1) is 19.5. The Morgan fingerprint density at radius 2 is 1.30 bits per heavy atom. The molecule has 0 aliphatic carbocycles. The van der Waals surface area contributed by atoms with Gasteiger partial charge in [-0.05, 0) is 23.3 Å². The zero-order valence-corrected chi connectivity index (χ0v) is 16.3. The van der Waals surface area contributed by atoms with Crippen molar-refractivity contribution < 1.29 is 13.9 Å². The fraction of sp³-hybridized carbons (Fsp3) is 0.0800. The monoisotopic (exact) mass is 400 g/mol. The molecule has 0 radical (unpaired) electrons. The van der Waals surface area contributed by atoms with Gasteiger partial charge in [-0.3, -0.25) is 0 Å². The van der Waals surface area contributed by atoms with Crippen LogP contribution in [0.5, 0.6) is 11.8 Å². The Labute approximate surface area is 174 Å². The van der Waals surface area contributed by atoms with E-state index >= 15 is 0 Å². The number of hydrogen-bond donors (Lipinski definition) is 1. The lowest BCUT2D eigenvalue weighted by atomic mass is 10.0. The smallest absolute Gasteiger partial charge is 0.225 e. The van der Waals surface area contributed by atoms with Gasteiger partial charge in [0.25, 0.3) is 0 Å². The number of pyridine rings is 1. The number of rotatable bonds is 7. The van der Waals surface area contributed by atoms with E-state index in [0.29, 0.717) is 36.1 Å². The second-order valence-electron chi connectivity index (χ2n) is 6.75. The van der Waals surface area contributed by atoms with E-state index < -0.39 is 5.82 Å². The first-order valence-corrected chi connectivity index (χ1v) is 9.59. The van der Waals surface area contributed by atoms with Crippen molar-refractivity contribution in [3.63, 3.8) is 0 Å². The summed E-state index contributed by atoms with van der Waals surface area (Å²) < 4.78 is 25.9. The Morgan fingerprint density at radius 1 is 0.667 bits per heavy atom. The summed E-state index contributed by atoms with van der Waals surface area (Å²) in [7, 11) is 0. The minimum Gasteiger partial charge on any atom is -0.473 e. The summed E-state index contributed by atoms with van der Waals surface area (Å²) in [5, 5.41) is 0. The van der Waals surface area contributed by atoms with Gasteiger partial charge in [-0.25, -0.2) is 4.39 Å². The van der Waals surface area contributed by atoms with Gasteiger partial charge in [-0.1, -0.05) is 72.8 Å². The number of aromatic nitrogens is 1. The topological polar surface area (TPSA) is 57.4 Å². The molecule has 5 heteroatoms. The van der Waals surface area contributed by atoms with Gasteiger partial charge in [0.15, 0.2) is 0 Å². The average Bonchev–Trinajstić information content (AvgIpc) is 2.80. The molecule has 0 aliphatic rings. The lowest BCUT2D eigenvalue weighted by molar-refractivity contribution is 0.268. The second-order valence-corrected chi connectivity index (χ2v) is 6.75. The van der Waals surface area contributed by atoms with E-state index in [2.05, 4.69) is 4.98 Å². The van der Waals surface area contributed by atoms with Crippen LogP contribution in [-0.4, -0.2) is 4.98 Å². The fourth-order valence-electron chi connectivity index (χ4n) is 3.05. The van der Waals surface area contributed by atoms with Crippen molar-refractivity contribution in [1.29, 1.82) is 0 Å². The highest BCUT2D eigenvalue weighted by Crippen LogP contribution is 2.35. The molecule has 0 bridgehead atoms. The number of ether oxygens (including phenoxy) is 2. The Morgan fingerprint density at radius 3 is 1.97 bits per heavy atom. The molecule has 1 heterocycles. The van der Waals surface area contributed by atoms with Gasteiger partial charge in [0.2, 0.25) is 11.8 Å². The molecule has 4 aromatic rings. The van der Waals surface area contributed by atoms with Crippen molar-refractivity contribution in [2.75, 3.05) is 5.73 Å². The van der Waals surface area contributed by atoms with Crippen LogP contribution in [0.15, 0.2) is 91.0 Å². The first-order valence-electron chi connectivity index (χ1n) is 9.59. The van der Waals surface area contributed by atoms with Crippen LogP contribution >= 0.6 is 0 Å². The molecule has 4 rings (SSSR count). The van der Waals surface area contributed by atoms with E-state index in [0.717, 1.165) is 11.1 Å². The van der Waals surface area contributed by atoms with Gasteiger partial charge in [0.1, 0.15) is 19.0 Å². The van der Waals surface area contributed by atoms with Gasteiger partial charge in [0.05, 0.1) is 5.69 Å². The molecule has 4 nitrogen and oxygen atoms in total. The molecule has 0 saturated carbocycles. The van der Waals surface area contributed by atoms with Crippen LogP contribution in [0.3, 0.4) is 0 Å². The van der Waals surface area contributed by atoms with Gasteiger partial charge in [-0.2, -0.15) is 4.98 Å². The van der Waals surface area contributed by atoms with Crippen LogP contribution in [0, 0.1) is 5.82 Å². The summed E-state index contributed by atoms with van der Waals surface area (Å²) in [6.07, 6.45) is 0. The van der Waals surface area contributed by atoms with E-state index in [1.165, 1.54) is 6.07 Å². The van der Waals surface area contributed by atoms with Crippen molar-refractivity contribution >= 4 is 5.69 Å². The Bertz CT molecular complexity index is 1120. The van der Waals surface area contributed by atoms with E-state index in [1.807, 2.05) is 60.7 Å². The lowest BCUT2D eigenvalue weighted by Crippen LogP contribution is -2.03. The molecule has 0 aliphatic heterocycles. The predicted molar refractivity (Wildman–Crippen MR) is 116 cm³/mol. The summed E-state index contributed by atoms with van der Waals surface area (Å²) in [5.41, 5.74) is 9.19. The summed E-state index contributed by atoms with van der Waals surface area (Å²) in [5.74, 6) is 0.272. The molecular formula is C25H21FN2O2. The van der Waals surface area contributed by atoms with Crippen LogP contribution in [0.1, 0.15) is 11.1 Å². The predicted octanol–water partition coefficient (Wildman–Crippen LogP) is 5.63. The molecular weight excluding hydrogens is 379 g/mol. The Balaban J connectivity index is 1.63. The zero-order chi connectivity index (χ0) is 20.8. The Hall–Kier alpha value is -3.86. The van der Waals surface area contributed by atoms with Crippen LogP contribution < -0.4 is 15.2 Å². The maximum Gasteiger partial charge on any atom is 0.225 e. The molecule has 0 saturated heterocycles. The van der Waals surface area contributed by atoms with E-state index in [-0.39, 0.29) is 5.69 Å². The third-order valence-electron chi connectivity index (χ3n) is 4.63. The molecule has 0 atom stereocenters. The highest BCUT2D eigenvalue weighted by atomic mass is 19.1. The van der Waals surface area contributed by atoms with Gasteiger partial charge < -0.3 is 15.2 Å². The maximum atomic E-state index is 14.0. The van der Waals surface area contributed by atoms with Crippen molar-refractivity contribution in [2.45, 2.75) is 13.2 Å². The summed E-state index contributed by atoms with van der Waals surface area (Å²) >= 11 is 0. The van der Waals surface area contributed by atoms with Crippen molar-refractivity contribution in [3.05, 3.63) is 108 Å². The Kier molecular flexibility index (Phi) is 5.90. The highest BCUT2D eigenvalue weighted by molar-refractivity contribution is 5.79. The molecule has 1 aromatic heterocycles. The van der Waals surface area contributed by atoms with Crippen LogP contribution in [0.4, 0.5) is 10.1 Å². The molecule has 3 aromatic carbocycles. The minimum absolute atomic E-state index is 0.0572. The maximum absolute atomic E-state index is 14.0. The molecule has 0 unspecified atom stereocenters. The molecule has 0 spiro atoms. The van der Waals surface area contributed by atoms with Crippen LogP contribution in [0.2, 0.25) is 0 Å². The number of nitrogens with zero attached hydrogens (tertiary/aromatic N) is 1. The summed E-state index contributed by atoms with van der Waals surface area (Å²) in [4.78, 5) is 4.53. The average molecular weight is 400 g/mol. The lowest BCUT2D eigenvalue weighted by Gasteiger charge is -2.14. The van der Waals surface area contributed by atoms with E-state index in [4.69, 9.17) is 15.2 Å². The van der Waals surface area contributed by atoms with E-state index in [9.17, 15) is 4.39 Å². The fourth-order valence-corrected chi connectivity index (χ4v) is 3.05. The minimum atomic E-state index is -0.481. The highest BCUT2D eigenvalue weighted by Gasteiger charge is 2.15. The zero-order valence-electron chi connectivity index (χ0n) is 16.3. The van der Waals surface area contributed by atoms with Crippen LogP contribution in [0.25, 0.3) is 11.1 Å². The quantitative estimate of drug-likeness (QED) is 0.409. The largest absolute Gasteiger partial charge is 0.473 e. The number of nitrogens with two attached hydrogens (primary N) is 1. The standard InChI is InChI=1S/C25H21FN2O2/c26-22-13-7-12-20(24(22)27)21-14-15-23(29-16-18-8-3-1-4-9-18)28-25(21)30-17-19-10-5-2-6-11-19/h1-15H,16-17,27H2. The van der Waals surface area contributed by atoms with Gasteiger partial charge in [-0.15, -0.1) is 0 Å². The van der Waals surface area contributed by atoms with Crippen molar-refractivity contribution in [3.8, 4) is 22.9 Å². The molecule has 0 fully saturated rings. The number of anilines is 1. The number of halogens is 1. The van der Waals surface area contributed by atoms with Crippen molar-refractivity contribution in [1.82, 2.24) is 4.98 Å². The number of para-hydroxylation sites is 1. The molecule has 0 amide bonds. The molecule has 2 N–H and O–H groups in total. The second kappa shape index (κ2) is 9.09. The van der Waals surface area contributed by atoms with Gasteiger partial charge in [0, 0.05) is 17.2 Å². The third kappa shape index (κ3) is 4.58. The van der Waals surface area contributed by atoms with Crippen LogP contribution in [-0.2, 0) is 13.2 Å². The van der Waals surface area contributed by atoms with Gasteiger partial charge >= 0.3 is 0 Å². The number of nitrogen functional groups attached to an aromatic ring is 1. The number of hydrogen-bond acceptors (Lipinski definition) is 4. The summed E-state index contributed by atoms with van der Waals surface area (Å²) in [6, 6.07) is 27.8.